The van der Waals surface area contributed by atoms with Gasteiger partial charge in [-0.15, -0.1) is 24.8 Å². The lowest BCUT2D eigenvalue weighted by atomic mass is 10.2. The van der Waals surface area contributed by atoms with Gasteiger partial charge in [0.25, 0.3) is 0 Å². The van der Waals surface area contributed by atoms with Gasteiger partial charge in [0.2, 0.25) is 5.91 Å². The van der Waals surface area contributed by atoms with E-state index in [0.717, 1.165) is 26.2 Å². The molecule has 1 heterocycles. The van der Waals surface area contributed by atoms with Crippen LogP contribution in [0.4, 0.5) is 5.69 Å². The Morgan fingerprint density at radius 1 is 1.36 bits per heavy atom. The minimum absolute atomic E-state index is 0. The van der Waals surface area contributed by atoms with E-state index in [4.69, 9.17) is 16.3 Å². The van der Waals surface area contributed by atoms with Crippen molar-refractivity contribution >= 4 is 48.0 Å². The molecule has 1 aliphatic heterocycles. The average molecular weight is 371 g/mol. The maximum atomic E-state index is 12.3. The van der Waals surface area contributed by atoms with E-state index in [1.165, 1.54) is 0 Å². The third kappa shape index (κ3) is 5.48. The lowest BCUT2D eigenvalue weighted by molar-refractivity contribution is -0.121. The summed E-state index contributed by atoms with van der Waals surface area (Å²) in [7, 11) is 1.57. The van der Waals surface area contributed by atoms with Crippen LogP contribution in [0.15, 0.2) is 18.2 Å². The monoisotopic (exact) mass is 369 g/mol. The molecule has 5 nitrogen and oxygen atoms in total. The van der Waals surface area contributed by atoms with Crippen molar-refractivity contribution in [2.24, 2.45) is 0 Å². The van der Waals surface area contributed by atoms with E-state index in [9.17, 15) is 4.79 Å². The number of carbonyl (C=O) groups is 1. The normalized spacial score (nSPS) is 16.0. The number of piperazine rings is 1. The molecule has 0 spiro atoms. The zero-order valence-electron chi connectivity index (χ0n) is 12.6. The molecule has 1 saturated heterocycles. The Bertz CT molecular complexity index is 482. The second-order valence-corrected chi connectivity index (χ2v) is 5.23. The highest BCUT2D eigenvalue weighted by atomic mass is 35.5. The van der Waals surface area contributed by atoms with Crippen molar-refractivity contribution in [1.82, 2.24) is 10.2 Å². The summed E-state index contributed by atoms with van der Waals surface area (Å²) >= 11 is 5.96. The van der Waals surface area contributed by atoms with E-state index in [1.807, 2.05) is 6.92 Å². The number of rotatable bonds is 4. The molecule has 1 aliphatic rings. The molecule has 0 aliphatic carbocycles. The van der Waals surface area contributed by atoms with Gasteiger partial charge in [-0.25, -0.2) is 0 Å². The van der Waals surface area contributed by atoms with Crippen LogP contribution < -0.4 is 15.4 Å². The van der Waals surface area contributed by atoms with Crippen molar-refractivity contribution < 1.29 is 9.53 Å². The third-order valence-electron chi connectivity index (χ3n) is 3.50. The number of hydrogen-bond acceptors (Lipinski definition) is 4. The van der Waals surface area contributed by atoms with Gasteiger partial charge in [0.15, 0.2) is 0 Å². The van der Waals surface area contributed by atoms with Gasteiger partial charge < -0.3 is 15.4 Å². The molecule has 0 radical (unpaired) electrons. The first-order valence-corrected chi connectivity index (χ1v) is 7.09. The first kappa shape index (κ1) is 21.3. The highest BCUT2D eigenvalue weighted by molar-refractivity contribution is 6.31. The molecule has 1 aromatic rings. The maximum Gasteiger partial charge on any atom is 0.241 e. The van der Waals surface area contributed by atoms with Gasteiger partial charge in [0.1, 0.15) is 5.75 Å². The van der Waals surface area contributed by atoms with E-state index in [1.54, 1.807) is 25.3 Å². The molecular formula is C14H22Cl3N3O2. The fourth-order valence-corrected chi connectivity index (χ4v) is 2.42. The summed E-state index contributed by atoms with van der Waals surface area (Å²) in [5.74, 6) is 0.558. The fraction of sp³-hybridized carbons (Fsp3) is 0.500. The topological polar surface area (TPSA) is 53.6 Å². The molecular weight excluding hydrogens is 349 g/mol. The van der Waals surface area contributed by atoms with Crippen molar-refractivity contribution in [2.45, 2.75) is 13.0 Å². The van der Waals surface area contributed by atoms with E-state index < -0.39 is 0 Å². The molecule has 1 aromatic carbocycles. The fourth-order valence-electron chi connectivity index (χ4n) is 2.25. The van der Waals surface area contributed by atoms with E-state index in [2.05, 4.69) is 15.5 Å². The molecule has 1 amide bonds. The number of anilines is 1. The summed E-state index contributed by atoms with van der Waals surface area (Å²) in [6, 6.07) is 4.99. The molecule has 0 bridgehead atoms. The van der Waals surface area contributed by atoms with Crippen LogP contribution in [0.25, 0.3) is 0 Å². The summed E-state index contributed by atoms with van der Waals surface area (Å²) in [5.41, 5.74) is 0.604. The van der Waals surface area contributed by atoms with Crippen LogP contribution in [0, 0.1) is 0 Å². The van der Waals surface area contributed by atoms with Crippen molar-refractivity contribution in [2.75, 3.05) is 38.6 Å². The summed E-state index contributed by atoms with van der Waals surface area (Å²) in [5, 5.41) is 6.73. The smallest absolute Gasteiger partial charge is 0.241 e. The minimum Gasteiger partial charge on any atom is -0.495 e. The molecule has 126 valence electrons. The van der Waals surface area contributed by atoms with E-state index >= 15 is 0 Å². The van der Waals surface area contributed by atoms with Gasteiger partial charge in [-0.05, 0) is 25.1 Å². The molecule has 2 N–H and O–H groups in total. The molecule has 1 fully saturated rings. The molecule has 1 atom stereocenters. The minimum atomic E-state index is -0.180. The first-order chi connectivity index (χ1) is 9.61. The lowest BCUT2D eigenvalue weighted by Crippen LogP contribution is -2.51. The second-order valence-electron chi connectivity index (χ2n) is 4.80. The van der Waals surface area contributed by atoms with E-state index in [-0.39, 0.29) is 36.8 Å². The van der Waals surface area contributed by atoms with Crippen LogP contribution in [0.2, 0.25) is 5.02 Å². The van der Waals surface area contributed by atoms with Crippen LogP contribution >= 0.6 is 36.4 Å². The average Bonchev–Trinajstić information content (AvgIpc) is 2.47. The number of nitrogens with zero attached hydrogens (tertiary/aromatic N) is 1. The summed E-state index contributed by atoms with van der Waals surface area (Å²) in [6.07, 6.45) is 0. The van der Waals surface area contributed by atoms with Gasteiger partial charge in [-0.1, -0.05) is 11.6 Å². The Balaban J connectivity index is 0.00000220. The number of methoxy groups -OCH3 is 1. The predicted molar refractivity (Wildman–Crippen MR) is 95.0 cm³/mol. The third-order valence-corrected chi connectivity index (χ3v) is 3.73. The molecule has 1 unspecified atom stereocenters. The number of benzene rings is 1. The van der Waals surface area contributed by atoms with E-state index in [0.29, 0.717) is 16.5 Å². The number of nitrogens with one attached hydrogen (secondary N) is 2. The van der Waals surface area contributed by atoms with Crippen LogP contribution in [-0.2, 0) is 4.79 Å². The number of ether oxygens (including phenoxy) is 1. The molecule has 0 aromatic heterocycles. The Hall–Kier alpha value is -0.720. The van der Waals surface area contributed by atoms with Gasteiger partial charge in [-0.2, -0.15) is 0 Å². The zero-order valence-corrected chi connectivity index (χ0v) is 15.0. The van der Waals surface area contributed by atoms with Crippen molar-refractivity contribution in [3.8, 4) is 5.75 Å². The number of carbonyl (C=O) groups excluding carboxylic acids is 1. The number of hydrogen-bond donors (Lipinski definition) is 2. The van der Waals surface area contributed by atoms with Gasteiger partial charge in [0, 0.05) is 31.2 Å². The number of halogens is 3. The van der Waals surface area contributed by atoms with Crippen LogP contribution in [-0.4, -0.2) is 50.1 Å². The Labute approximate surface area is 148 Å². The van der Waals surface area contributed by atoms with Crippen molar-refractivity contribution in [1.29, 1.82) is 0 Å². The summed E-state index contributed by atoms with van der Waals surface area (Å²) in [6.45, 7) is 5.50. The highest BCUT2D eigenvalue weighted by Gasteiger charge is 2.23. The Morgan fingerprint density at radius 3 is 2.59 bits per heavy atom. The molecule has 0 saturated carbocycles. The lowest BCUT2D eigenvalue weighted by Gasteiger charge is -2.31. The van der Waals surface area contributed by atoms with Crippen LogP contribution in [0.1, 0.15) is 6.92 Å². The first-order valence-electron chi connectivity index (χ1n) is 6.71. The standard InChI is InChI=1S/C14H20ClN3O2.2ClH/c1-10(18-7-5-16-6-8-18)14(19)17-12-9-11(15)3-4-13(12)20-2;;/h3-4,9-10,16H,5-8H2,1-2H3,(H,17,19);2*1H. The molecule has 2 rings (SSSR count). The highest BCUT2D eigenvalue weighted by Crippen LogP contribution is 2.27. The largest absolute Gasteiger partial charge is 0.495 e. The van der Waals surface area contributed by atoms with Crippen molar-refractivity contribution in [3.63, 3.8) is 0 Å². The molecule has 8 heteroatoms. The van der Waals surface area contributed by atoms with Crippen molar-refractivity contribution in [3.05, 3.63) is 23.2 Å². The predicted octanol–water partition coefficient (Wildman–Crippen LogP) is 2.42. The SMILES string of the molecule is COc1ccc(Cl)cc1NC(=O)C(C)N1CCNCC1.Cl.Cl. The summed E-state index contributed by atoms with van der Waals surface area (Å²) in [4.78, 5) is 14.5. The van der Waals surface area contributed by atoms with Gasteiger partial charge in [-0.3, -0.25) is 9.69 Å². The second kappa shape index (κ2) is 10.1. The van der Waals surface area contributed by atoms with Crippen LogP contribution in [0.3, 0.4) is 0 Å². The number of amides is 1. The zero-order chi connectivity index (χ0) is 14.5. The molecule has 22 heavy (non-hydrogen) atoms. The van der Waals surface area contributed by atoms with Gasteiger partial charge in [0.05, 0.1) is 18.8 Å². The Morgan fingerprint density at radius 2 is 2.00 bits per heavy atom. The maximum absolute atomic E-state index is 12.3. The Kier molecular flexibility index (Phi) is 9.80. The quantitative estimate of drug-likeness (QED) is 0.855. The summed E-state index contributed by atoms with van der Waals surface area (Å²) < 4.78 is 5.23. The van der Waals surface area contributed by atoms with Crippen LogP contribution in [0.5, 0.6) is 5.75 Å². The van der Waals surface area contributed by atoms with Gasteiger partial charge >= 0.3 is 0 Å².